The fraction of sp³-hybridized carbons (Fsp3) is 0.391. The topological polar surface area (TPSA) is 86.8 Å². The minimum absolute atomic E-state index is 0.0661. The van der Waals surface area contributed by atoms with Gasteiger partial charge in [0.1, 0.15) is 12.6 Å². The third kappa shape index (κ3) is 6.97. The molecule has 9 heteroatoms. The number of anilines is 1. The summed E-state index contributed by atoms with van der Waals surface area (Å²) in [5, 5.41) is 3.26. The maximum Gasteiger partial charge on any atom is 0.244 e. The Balaban J connectivity index is 2.40. The lowest BCUT2D eigenvalue weighted by Gasteiger charge is -2.32. The highest BCUT2D eigenvalue weighted by Crippen LogP contribution is 2.22. The first-order valence-electron chi connectivity index (χ1n) is 10.3. The molecule has 0 spiro atoms. The predicted octanol–water partition coefficient (Wildman–Crippen LogP) is 3.36. The average Bonchev–Trinajstić information content (AvgIpc) is 2.69. The molecule has 0 aliphatic rings. The minimum Gasteiger partial charge on any atom is -0.352 e. The second-order valence-corrected chi connectivity index (χ2v) is 10.4. The number of aryl methyl sites for hydroxylation is 1. The second kappa shape index (κ2) is 10.8. The van der Waals surface area contributed by atoms with Gasteiger partial charge >= 0.3 is 0 Å². The number of sulfonamides is 1. The van der Waals surface area contributed by atoms with Gasteiger partial charge in [0, 0.05) is 17.6 Å². The monoisotopic (exact) mass is 479 g/mol. The van der Waals surface area contributed by atoms with Gasteiger partial charge in [-0.1, -0.05) is 41.9 Å². The molecule has 0 aliphatic carbocycles. The Hall–Kier alpha value is -2.58. The summed E-state index contributed by atoms with van der Waals surface area (Å²) in [5.74, 6) is -0.842. The zero-order chi connectivity index (χ0) is 24.1. The second-order valence-electron chi connectivity index (χ2n) is 8.06. The lowest BCUT2D eigenvalue weighted by Crippen LogP contribution is -2.52. The van der Waals surface area contributed by atoms with Gasteiger partial charge < -0.3 is 10.2 Å². The molecule has 2 aromatic carbocycles. The normalized spacial score (nSPS) is 12.3. The smallest absolute Gasteiger partial charge is 0.244 e. The zero-order valence-electron chi connectivity index (χ0n) is 19.0. The van der Waals surface area contributed by atoms with E-state index in [4.69, 9.17) is 11.6 Å². The maximum absolute atomic E-state index is 13.4. The van der Waals surface area contributed by atoms with Crippen LogP contribution in [0.1, 0.15) is 31.9 Å². The summed E-state index contributed by atoms with van der Waals surface area (Å²) < 4.78 is 26.1. The van der Waals surface area contributed by atoms with Crippen molar-refractivity contribution in [2.24, 2.45) is 0 Å². The van der Waals surface area contributed by atoms with Gasteiger partial charge in [-0.2, -0.15) is 0 Å². The van der Waals surface area contributed by atoms with Crippen LogP contribution in [-0.2, 0) is 26.2 Å². The standard InChI is InChI=1S/C23H30ClN3O4S/c1-16(2)25-23(29)18(4)26(14-19-10-6-7-12-21(19)24)22(28)15-27(32(5,30)31)20-11-8-9-17(3)13-20/h6-13,16,18H,14-15H2,1-5H3,(H,25,29)/t18-/m1/s1. The molecule has 0 bridgehead atoms. The number of carbonyl (C=O) groups is 2. The van der Waals surface area contributed by atoms with Crippen molar-refractivity contribution in [3.63, 3.8) is 0 Å². The van der Waals surface area contributed by atoms with Crippen LogP contribution in [0, 0.1) is 6.92 Å². The number of rotatable bonds is 9. The van der Waals surface area contributed by atoms with E-state index in [2.05, 4.69) is 5.32 Å². The van der Waals surface area contributed by atoms with E-state index >= 15 is 0 Å². The molecule has 2 aromatic rings. The predicted molar refractivity (Wildman–Crippen MR) is 128 cm³/mol. The average molecular weight is 480 g/mol. The highest BCUT2D eigenvalue weighted by molar-refractivity contribution is 7.92. The Bertz CT molecular complexity index is 1070. The van der Waals surface area contributed by atoms with Gasteiger partial charge in [-0.25, -0.2) is 8.42 Å². The largest absolute Gasteiger partial charge is 0.352 e. The Labute approximate surface area is 195 Å². The summed E-state index contributed by atoms with van der Waals surface area (Å²) in [4.78, 5) is 27.5. The third-order valence-electron chi connectivity index (χ3n) is 4.87. The quantitative estimate of drug-likeness (QED) is 0.597. The molecular weight excluding hydrogens is 450 g/mol. The Morgan fingerprint density at radius 2 is 1.72 bits per heavy atom. The van der Waals surface area contributed by atoms with Crippen LogP contribution in [0.15, 0.2) is 48.5 Å². The summed E-state index contributed by atoms with van der Waals surface area (Å²) in [5.41, 5.74) is 1.91. The van der Waals surface area contributed by atoms with Crippen molar-refractivity contribution in [1.29, 1.82) is 0 Å². The number of hydrogen-bond donors (Lipinski definition) is 1. The summed E-state index contributed by atoms with van der Waals surface area (Å²) in [6.45, 7) is 6.74. The van der Waals surface area contributed by atoms with E-state index < -0.39 is 28.5 Å². The van der Waals surface area contributed by atoms with Crippen LogP contribution >= 0.6 is 11.6 Å². The van der Waals surface area contributed by atoms with Crippen LogP contribution in [-0.4, -0.2) is 50.0 Å². The molecule has 1 atom stereocenters. The van der Waals surface area contributed by atoms with E-state index in [1.54, 1.807) is 49.4 Å². The van der Waals surface area contributed by atoms with E-state index in [1.165, 1.54) is 4.90 Å². The minimum atomic E-state index is -3.75. The van der Waals surface area contributed by atoms with Crippen molar-refractivity contribution in [1.82, 2.24) is 10.2 Å². The van der Waals surface area contributed by atoms with Crippen LogP contribution in [0.5, 0.6) is 0 Å². The van der Waals surface area contributed by atoms with Crippen LogP contribution in [0.2, 0.25) is 5.02 Å². The van der Waals surface area contributed by atoms with Crippen LogP contribution in [0.25, 0.3) is 0 Å². The molecule has 1 N–H and O–H groups in total. The van der Waals surface area contributed by atoms with E-state index in [-0.39, 0.29) is 18.5 Å². The first kappa shape index (κ1) is 25.7. The van der Waals surface area contributed by atoms with Gasteiger partial charge in [-0.3, -0.25) is 13.9 Å². The molecule has 0 radical (unpaired) electrons. The van der Waals surface area contributed by atoms with Crippen LogP contribution in [0.4, 0.5) is 5.69 Å². The number of nitrogens with zero attached hydrogens (tertiary/aromatic N) is 2. The van der Waals surface area contributed by atoms with Gasteiger partial charge in [-0.15, -0.1) is 0 Å². The molecule has 2 amide bonds. The summed E-state index contributed by atoms with van der Waals surface area (Å²) in [7, 11) is -3.75. The number of halogens is 1. The molecule has 0 heterocycles. The zero-order valence-corrected chi connectivity index (χ0v) is 20.6. The number of hydrogen-bond acceptors (Lipinski definition) is 4. The summed E-state index contributed by atoms with van der Waals surface area (Å²) in [6.07, 6.45) is 1.05. The summed E-state index contributed by atoms with van der Waals surface area (Å²) >= 11 is 6.29. The fourth-order valence-electron chi connectivity index (χ4n) is 3.19. The van der Waals surface area contributed by atoms with Crippen molar-refractivity contribution in [2.75, 3.05) is 17.1 Å². The van der Waals surface area contributed by atoms with Crippen molar-refractivity contribution in [3.8, 4) is 0 Å². The molecule has 2 rings (SSSR count). The first-order chi connectivity index (χ1) is 14.9. The maximum atomic E-state index is 13.4. The molecule has 174 valence electrons. The molecule has 0 aromatic heterocycles. The number of benzene rings is 2. The lowest BCUT2D eigenvalue weighted by atomic mass is 10.1. The molecule has 0 fully saturated rings. The Morgan fingerprint density at radius 3 is 2.28 bits per heavy atom. The van der Waals surface area contributed by atoms with Crippen molar-refractivity contribution < 1.29 is 18.0 Å². The number of carbonyl (C=O) groups excluding carboxylic acids is 2. The molecular formula is C23H30ClN3O4S. The third-order valence-corrected chi connectivity index (χ3v) is 6.37. The van der Waals surface area contributed by atoms with E-state index in [0.29, 0.717) is 16.3 Å². The molecule has 0 aliphatic heterocycles. The highest BCUT2D eigenvalue weighted by Gasteiger charge is 2.30. The first-order valence-corrected chi connectivity index (χ1v) is 12.5. The van der Waals surface area contributed by atoms with E-state index in [9.17, 15) is 18.0 Å². The van der Waals surface area contributed by atoms with Crippen LogP contribution in [0.3, 0.4) is 0 Å². The van der Waals surface area contributed by atoms with Crippen LogP contribution < -0.4 is 9.62 Å². The SMILES string of the molecule is Cc1cccc(N(CC(=O)N(Cc2ccccc2Cl)[C@H](C)C(=O)NC(C)C)S(C)(=O)=O)c1. The Morgan fingerprint density at radius 1 is 1.06 bits per heavy atom. The van der Waals surface area contributed by atoms with Crippen molar-refractivity contribution in [3.05, 3.63) is 64.7 Å². The Kier molecular flexibility index (Phi) is 8.69. The van der Waals surface area contributed by atoms with Gasteiger partial charge in [0.15, 0.2) is 0 Å². The fourth-order valence-corrected chi connectivity index (χ4v) is 4.23. The number of amides is 2. The van der Waals surface area contributed by atoms with E-state index in [0.717, 1.165) is 16.1 Å². The van der Waals surface area contributed by atoms with Gasteiger partial charge in [0.05, 0.1) is 11.9 Å². The van der Waals surface area contributed by atoms with Gasteiger partial charge in [0.25, 0.3) is 0 Å². The molecule has 0 saturated heterocycles. The molecule has 32 heavy (non-hydrogen) atoms. The highest BCUT2D eigenvalue weighted by atomic mass is 35.5. The molecule has 0 saturated carbocycles. The molecule has 7 nitrogen and oxygen atoms in total. The van der Waals surface area contributed by atoms with E-state index in [1.807, 2.05) is 26.8 Å². The molecule has 0 unspecified atom stereocenters. The van der Waals surface area contributed by atoms with Crippen molar-refractivity contribution >= 4 is 39.1 Å². The summed E-state index contributed by atoms with van der Waals surface area (Å²) in [6, 6.07) is 13.0. The lowest BCUT2D eigenvalue weighted by molar-refractivity contribution is -0.139. The van der Waals surface area contributed by atoms with Gasteiger partial charge in [-0.05, 0) is 57.0 Å². The van der Waals surface area contributed by atoms with Crippen molar-refractivity contribution in [2.45, 2.75) is 46.3 Å². The number of nitrogens with one attached hydrogen (secondary N) is 1. The van der Waals surface area contributed by atoms with Gasteiger partial charge in [0.2, 0.25) is 21.8 Å².